The molecule has 0 radical (unpaired) electrons. The summed E-state index contributed by atoms with van der Waals surface area (Å²) in [4.78, 5) is 64.7. The Balaban J connectivity index is 1.46. The average molecular weight is 1470 g/mol. The van der Waals surface area contributed by atoms with Crippen LogP contribution in [0.2, 0.25) is 0 Å². The van der Waals surface area contributed by atoms with E-state index in [1.54, 1.807) is 6.08 Å². The summed E-state index contributed by atoms with van der Waals surface area (Å²) in [6.45, 7) is 1.01. The summed E-state index contributed by atoms with van der Waals surface area (Å²) in [6, 6.07) is -4.70. The molecule has 32 heteroatoms. The van der Waals surface area contributed by atoms with E-state index in [0.717, 1.165) is 65.2 Å². The first kappa shape index (κ1) is 90.6. The second kappa shape index (κ2) is 47.1. The number of carbonyl (C=O) groups excluding carboxylic acids is 3. The molecule has 4 aliphatic rings. The number of carboxylic acids is 2. The van der Waals surface area contributed by atoms with Crippen LogP contribution in [0.4, 0.5) is 0 Å². The molecule has 1 unspecified atom stereocenters. The minimum Gasteiger partial charge on any atom is -0.477 e. The number of ether oxygens (including phenoxy) is 8. The normalized spacial score (nSPS) is 31.7. The van der Waals surface area contributed by atoms with Gasteiger partial charge in [0.25, 0.3) is 11.6 Å². The SMILES string of the molecule is CCCCCCCCCCCCC/C=C/[C@@H](O)C(CO[C@@H]1O[C@H](CO)[C@@H](O[C@@H]2O[C@H](CO)[C@@](O)(O[C@]3(C(=O)O)C[C@H](O)[C@@H](NC(C)=O)[C@H]([C@H](O)[C@@H](CO)O[C@]4(C(=O)O)C[C@H](O)[C@@H](NC(C)=O)[C@H]([C@H](O)[C@H](O)CO)O4)O3)C[C@H]2O)[C@H](O)[C@H]1O)NC(=O)CCCCCCCCCCCCCCCCC. The highest BCUT2D eigenvalue weighted by atomic mass is 16.8. The van der Waals surface area contributed by atoms with Crippen LogP contribution in [0, 0.1) is 0 Å². The summed E-state index contributed by atoms with van der Waals surface area (Å²) in [5, 5.41) is 185. The van der Waals surface area contributed by atoms with E-state index in [0.29, 0.717) is 12.8 Å². The van der Waals surface area contributed by atoms with Crippen molar-refractivity contribution in [1.29, 1.82) is 0 Å². The standard InChI is InChI=1S/C70H125N3O29/c1-5-7-9-11-13-15-17-19-20-22-24-26-28-30-32-34-54(85)73-45(46(80)33-31-29-27-25-23-21-18-16-14-12-10-8-6-2)42-95-65-60(89)59(88)61(52(40-76)96-65)98-64-49(83)35-68(94,53(41-77)97-64)102-70(67(92)93)37-48(82)56(72-44(4)79)63(101-70)58(87)51(39-75)99-69(66(90)91)36-47(81)55(71-43(3)78)62(100-69)57(86)50(84)38-74/h31,33,45-53,55-65,74-77,80-84,86-89,94H,5-30,32,34-42H2,1-4H3,(H,71,78)(H,72,79)(H,73,85)(H,90,91)(H,92,93)/b33-31+/t45?,46-,47+,48+,49-,50-,51-,52-,53-,55-,56-,57-,58-,59-,60-,61-,62-,63-,64+,65-,68+,69-,70+/m1/s1. The number of carboxylic acid groups (broad SMARTS) is 2. The first-order valence-electron chi connectivity index (χ1n) is 37.2. The van der Waals surface area contributed by atoms with Crippen LogP contribution in [0.3, 0.4) is 0 Å². The van der Waals surface area contributed by atoms with Crippen LogP contribution in [0.25, 0.3) is 0 Å². The zero-order valence-corrected chi connectivity index (χ0v) is 60.1. The van der Waals surface area contributed by atoms with E-state index >= 15 is 0 Å². The molecule has 4 heterocycles. The quantitative estimate of drug-likeness (QED) is 0.0226. The third-order valence-electron chi connectivity index (χ3n) is 19.4. The molecule has 594 valence electrons. The number of allylic oxidation sites excluding steroid dienone is 1. The molecule has 4 aliphatic heterocycles. The number of aliphatic carboxylic acids is 2. The van der Waals surface area contributed by atoms with E-state index in [2.05, 4.69) is 29.8 Å². The number of carbonyl (C=O) groups is 5. The molecule has 0 saturated carbocycles. The van der Waals surface area contributed by atoms with Crippen LogP contribution >= 0.6 is 0 Å². The minimum absolute atomic E-state index is 0.168. The van der Waals surface area contributed by atoms with Crippen LogP contribution in [0.5, 0.6) is 0 Å². The monoisotopic (exact) mass is 1470 g/mol. The van der Waals surface area contributed by atoms with Crippen LogP contribution in [0.1, 0.15) is 227 Å². The van der Waals surface area contributed by atoms with E-state index in [-0.39, 0.29) is 12.3 Å². The molecule has 0 bridgehead atoms. The molecule has 32 nitrogen and oxygen atoms in total. The van der Waals surface area contributed by atoms with Gasteiger partial charge in [0.05, 0.1) is 69.5 Å². The van der Waals surface area contributed by atoms with Crippen molar-refractivity contribution in [3.63, 3.8) is 0 Å². The lowest BCUT2D eigenvalue weighted by molar-refractivity contribution is -0.434. The van der Waals surface area contributed by atoms with Gasteiger partial charge in [-0.2, -0.15) is 0 Å². The van der Waals surface area contributed by atoms with Gasteiger partial charge in [-0.1, -0.05) is 180 Å². The molecule has 4 rings (SSSR count). The maximum Gasteiger partial charge on any atom is 0.364 e. The Labute approximate surface area is 598 Å². The molecule has 19 N–H and O–H groups in total. The van der Waals surface area contributed by atoms with Gasteiger partial charge in [-0.15, -0.1) is 0 Å². The van der Waals surface area contributed by atoms with Crippen molar-refractivity contribution in [3.05, 3.63) is 12.2 Å². The van der Waals surface area contributed by atoms with Crippen molar-refractivity contribution >= 4 is 29.7 Å². The van der Waals surface area contributed by atoms with E-state index in [1.807, 2.05) is 6.08 Å². The average Bonchev–Trinajstić information content (AvgIpc) is 0.749. The highest BCUT2D eigenvalue weighted by Gasteiger charge is 2.64. The van der Waals surface area contributed by atoms with Crippen LogP contribution in [-0.2, 0) is 61.9 Å². The Morgan fingerprint density at radius 3 is 1.49 bits per heavy atom. The number of hydrogen-bond acceptors (Lipinski definition) is 27. The number of rotatable bonds is 52. The second-order valence-corrected chi connectivity index (χ2v) is 28.0. The molecule has 0 spiro atoms. The molecule has 0 aliphatic carbocycles. The fourth-order valence-corrected chi connectivity index (χ4v) is 13.6. The smallest absolute Gasteiger partial charge is 0.364 e. The summed E-state index contributed by atoms with van der Waals surface area (Å²) < 4.78 is 46.2. The fraction of sp³-hybridized carbons (Fsp3) is 0.900. The zero-order chi connectivity index (χ0) is 75.6. The van der Waals surface area contributed by atoms with E-state index in [4.69, 9.17) is 37.9 Å². The van der Waals surface area contributed by atoms with Crippen molar-refractivity contribution in [2.24, 2.45) is 0 Å². The predicted octanol–water partition coefficient (Wildman–Crippen LogP) is 0.688. The number of unbranched alkanes of at least 4 members (excludes halogenated alkanes) is 25. The third kappa shape index (κ3) is 28.4. The summed E-state index contributed by atoms with van der Waals surface area (Å²) in [5.74, 6) is -16.4. The summed E-state index contributed by atoms with van der Waals surface area (Å²) in [5.41, 5.74) is 0. The Bertz CT molecular complexity index is 2420. The largest absolute Gasteiger partial charge is 0.477 e. The van der Waals surface area contributed by atoms with Gasteiger partial charge in [0.1, 0.15) is 73.2 Å². The lowest BCUT2D eigenvalue weighted by Gasteiger charge is -2.52. The first-order valence-corrected chi connectivity index (χ1v) is 37.2. The number of amides is 3. The molecule has 4 fully saturated rings. The fourth-order valence-electron chi connectivity index (χ4n) is 13.6. The highest BCUT2D eigenvalue weighted by Crippen LogP contribution is 2.43. The van der Waals surface area contributed by atoms with Gasteiger partial charge in [-0.3, -0.25) is 14.4 Å². The molecule has 4 saturated heterocycles. The van der Waals surface area contributed by atoms with Gasteiger partial charge < -0.3 is 136 Å². The Hall–Kier alpha value is -3.79. The first-order chi connectivity index (χ1) is 48.6. The van der Waals surface area contributed by atoms with E-state index in [9.17, 15) is 106 Å². The van der Waals surface area contributed by atoms with E-state index < -0.39 is 216 Å². The van der Waals surface area contributed by atoms with Gasteiger partial charge in [0.2, 0.25) is 23.5 Å². The lowest BCUT2D eigenvalue weighted by Crippen LogP contribution is -2.72. The van der Waals surface area contributed by atoms with Crippen molar-refractivity contribution in [2.75, 3.05) is 33.0 Å². The molecule has 3 amide bonds. The maximum absolute atomic E-state index is 13.5. The summed E-state index contributed by atoms with van der Waals surface area (Å²) >= 11 is 0. The predicted molar refractivity (Wildman–Crippen MR) is 363 cm³/mol. The number of hydrogen-bond donors (Lipinski definition) is 19. The summed E-state index contributed by atoms with van der Waals surface area (Å²) in [7, 11) is 0. The van der Waals surface area contributed by atoms with Gasteiger partial charge in [0, 0.05) is 39.5 Å². The molecule has 0 aromatic heterocycles. The summed E-state index contributed by atoms with van der Waals surface area (Å²) in [6.07, 6.45) is -4.29. The Kier molecular flexibility index (Phi) is 41.8. The number of nitrogens with one attached hydrogen (secondary N) is 3. The zero-order valence-electron chi connectivity index (χ0n) is 60.1. The topological polar surface area (TPSA) is 519 Å². The van der Waals surface area contributed by atoms with Crippen LogP contribution in [0.15, 0.2) is 12.2 Å². The van der Waals surface area contributed by atoms with Gasteiger partial charge >= 0.3 is 11.9 Å². The second-order valence-electron chi connectivity index (χ2n) is 28.0. The maximum atomic E-state index is 13.5. The minimum atomic E-state index is -3.44. The molecule has 0 aromatic carbocycles. The van der Waals surface area contributed by atoms with Crippen molar-refractivity contribution in [2.45, 2.75) is 366 Å². The molecular formula is C70H125N3O29. The molecule has 23 atom stereocenters. The number of aliphatic hydroxyl groups is 14. The van der Waals surface area contributed by atoms with E-state index in [1.165, 1.54) is 109 Å². The van der Waals surface area contributed by atoms with Gasteiger partial charge in [-0.25, -0.2) is 9.59 Å². The number of aliphatic hydroxyl groups excluding tert-OH is 13. The molecule has 102 heavy (non-hydrogen) atoms. The molecule has 0 aromatic rings. The highest BCUT2D eigenvalue weighted by molar-refractivity contribution is 5.78. The van der Waals surface area contributed by atoms with Gasteiger partial charge in [-0.05, 0) is 19.3 Å². The van der Waals surface area contributed by atoms with Gasteiger partial charge in [0.15, 0.2) is 12.6 Å². The lowest BCUT2D eigenvalue weighted by atomic mass is 9.87. The van der Waals surface area contributed by atoms with Crippen LogP contribution in [-0.4, -0.2) is 284 Å². The third-order valence-corrected chi connectivity index (χ3v) is 19.4. The molecular weight excluding hydrogens is 1350 g/mol. The van der Waals surface area contributed by atoms with Crippen molar-refractivity contribution in [3.8, 4) is 0 Å². The Morgan fingerprint density at radius 1 is 0.559 bits per heavy atom. The van der Waals surface area contributed by atoms with Crippen molar-refractivity contribution < 1.29 is 144 Å². The Morgan fingerprint density at radius 2 is 1.03 bits per heavy atom. The van der Waals surface area contributed by atoms with Crippen molar-refractivity contribution in [1.82, 2.24) is 16.0 Å². The van der Waals surface area contributed by atoms with Crippen LogP contribution < -0.4 is 16.0 Å².